The van der Waals surface area contributed by atoms with E-state index in [-0.39, 0.29) is 10.8 Å². The second kappa shape index (κ2) is 7.11. The molecule has 136 valence electrons. The minimum atomic E-state index is -0.0944. The van der Waals surface area contributed by atoms with E-state index in [1.807, 2.05) is 0 Å². The van der Waals surface area contributed by atoms with E-state index in [2.05, 4.69) is 90.2 Å². The van der Waals surface area contributed by atoms with Gasteiger partial charge >= 0.3 is 0 Å². The average Bonchev–Trinajstić information content (AvgIpc) is 2.52. The highest BCUT2D eigenvalue weighted by Crippen LogP contribution is 2.39. The van der Waals surface area contributed by atoms with Crippen LogP contribution in [-0.2, 0) is 23.8 Å². The fourth-order valence-electron chi connectivity index (χ4n) is 3.00. The maximum atomic E-state index is 10.8. The molecular formula is C23H33NO. The number of benzene rings is 2. The van der Waals surface area contributed by atoms with E-state index in [1.165, 1.54) is 11.1 Å². The summed E-state index contributed by atoms with van der Waals surface area (Å²) in [4.78, 5) is 0. The number of phenols is 1. The first-order chi connectivity index (χ1) is 11.5. The molecule has 25 heavy (non-hydrogen) atoms. The van der Waals surface area contributed by atoms with Crippen LogP contribution in [0, 0.1) is 0 Å². The standard InChI is InChI=1S/C23H33NO/c1-8-16-9-11-18(12-10-16)24-15-17-13-19(22(2,3)4)21(25)20(14-17)23(5,6)7/h9-14,24-25H,8,15H2,1-7H3. The van der Waals surface area contributed by atoms with Gasteiger partial charge in [0, 0.05) is 12.2 Å². The summed E-state index contributed by atoms with van der Waals surface area (Å²) in [6.45, 7) is 15.8. The predicted octanol–water partition coefficient (Wildman–Crippen LogP) is 6.16. The predicted molar refractivity (Wildman–Crippen MR) is 109 cm³/mol. The molecule has 2 rings (SSSR count). The normalized spacial score (nSPS) is 12.3. The Morgan fingerprint density at radius 1 is 0.800 bits per heavy atom. The Kier molecular flexibility index (Phi) is 5.51. The molecule has 0 atom stereocenters. The smallest absolute Gasteiger partial charge is 0.123 e. The molecule has 2 heteroatoms. The molecule has 0 aliphatic heterocycles. The van der Waals surface area contributed by atoms with Gasteiger partial charge in [-0.1, -0.05) is 60.6 Å². The van der Waals surface area contributed by atoms with E-state index in [0.29, 0.717) is 5.75 Å². The topological polar surface area (TPSA) is 32.3 Å². The van der Waals surface area contributed by atoms with Crippen molar-refractivity contribution in [3.63, 3.8) is 0 Å². The molecule has 0 radical (unpaired) electrons. The first-order valence-electron chi connectivity index (χ1n) is 9.22. The van der Waals surface area contributed by atoms with Gasteiger partial charge in [0.05, 0.1) is 0 Å². The fourth-order valence-corrected chi connectivity index (χ4v) is 3.00. The van der Waals surface area contributed by atoms with Gasteiger partial charge in [-0.3, -0.25) is 0 Å². The summed E-state index contributed by atoms with van der Waals surface area (Å²) in [7, 11) is 0. The van der Waals surface area contributed by atoms with Crippen LogP contribution in [0.1, 0.15) is 70.7 Å². The van der Waals surface area contributed by atoms with Crippen LogP contribution in [-0.4, -0.2) is 5.11 Å². The van der Waals surface area contributed by atoms with E-state index in [4.69, 9.17) is 0 Å². The van der Waals surface area contributed by atoms with Crippen molar-refractivity contribution in [1.82, 2.24) is 0 Å². The molecule has 0 heterocycles. The zero-order valence-electron chi connectivity index (χ0n) is 16.8. The van der Waals surface area contributed by atoms with Crippen molar-refractivity contribution in [2.45, 2.75) is 72.3 Å². The molecule has 0 aliphatic carbocycles. The Morgan fingerprint density at radius 3 is 1.68 bits per heavy atom. The van der Waals surface area contributed by atoms with Crippen molar-refractivity contribution < 1.29 is 5.11 Å². The summed E-state index contributed by atoms with van der Waals surface area (Å²) in [6, 6.07) is 12.9. The Bertz CT molecular complexity index is 680. The van der Waals surface area contributed by atoms with E-state index >= 15 is 0 Å². The quantitative estimate of drug-likeness (QED) is 0.699. The highest BCUT2D eigenvalue weighted by atomic mass is 16.3. The summed E-state index contributed by atoms with van der Waals surface area (Å²) in [5.74, 6) is 0.441. The molecule has 0 amide bonds. The van der Waals surface area contributed by atoms with Crippen molar-refractivity contribution in [2.75, 3.05) is 5.32 Å². The van der Waals surface area contributed by atoms with Crippen molar-refractivity contribution in [3.05, 3.63) is 58.7 Å². The van der Waals surface area contributed by atoms with Gasteiger partial charge in [-0.05, 0) is 63.8 Å². The number of anilines is 1. The van der Waals surface area contributed by atoms with Crippen LogP contribution in [0.4, 0.5) is 5.69 Å². The minimum Gasteiger partial charge on any atom is -0.507 e. The average molecular weight is 340 g/mol. The van der Waals surface area contributed by atoms with Gasteiger partial charge in [-0.15, -0.1) is 0 Å². The third-order valence-corrected chi connectivity index (χ3v) is 4.64. The first kappa shape index (κ1) is 19.4. The van der Waals surface area contributed by atoms with Crippen molar-refractivity contribution >= 4 is 5.69 Å². The van der Waals surface area contributed by atoms with Crippen molar-refractivity contribution in [1.29, 1.82) is 0 Å². The van der Waals surface area contributed by atoms with Crippen LogP contribution in [0.3, 0.4) is 0 Å². The minimum absolute atomic E-state index is 0.0944. The summed E-state index contributed by atoms with van der Waals surface area (Å²) in [5.41, 5.74) is 5.51. The molecule has 0 bridgehead atoms. The Labute approximate surface area is 153 Å². The van der Waals surface area contributed by atoms with Gasteiger partial charge in [0.2, 0.25) is 0 Å². The molecule has 0 fully saturated rings. The fraction of sp³-hybridized carbons (Fsp3) is 0.478. The lowest BCUT2D eigenvalue weighted by Crippen LogP contribution is -2.18. The summed E-state index contributed by atoms with van der Waals surface area (Å²) in [6.07, 6.45) is 1.06. The van der Waals surface area contributed by atoms with Crippen LogP contribution in [0.2, 0.25) is 0 Å². The molecule has 0 aromatic heterocycles. The lowest BCUT2D eigenvalue weighted by molar-refractivity contribution is 0.423. The highest BCUT2D eigenvalue weighted by molar-refractivity contribution is 5.51. The Hall–Kier alpha value is -1.96. The second-order valence-electron chi connectivity index (χ2n) is 8.94. The number of aromatic hydroxyl groups is 1. The van der Waals surface area contributed by atoms with Gasteiger partial charge in [-0.2, -0.15) is 0 Å². The largest absolute Gasteiger partial charge is 0.507 e. The molecule has 2 aromatic carbocycles. The van der Waals surface area contributed by atoms with Crippen LogP contribution in [0.25, 0.3) is 0 Å². The molecule has 0 saturated heterocycles. The van der Waals surface area contributed by atoms with Crippen LogP contribution < -0.4 is 5.32 Å². The zero-order chi connectivity index (χ0) is 18.8. The SMILES string of the molecule is CCc1ccc(NCc2cc(C(C)(C)C)c(O)c(C(C)(C)C)c2)cc1. The number of hydrogen-bond acceptors (Lipinski definition) is 2. The van der Waals surface area contributed by atoms with Gasteiger partial charge in [0.25, 0.3) is 0 Å². The lowest BCUT2D eigenvalue weighted by Gasteiger charge is -2.28. The maximum Gasteiger partial charge on any atom is 0.123 e. The number of rotatable bonds is 4. The van der Waals surface area contributed by atoms with Crippen LogP contribution >= 0.6 is 0 Å². The number of phenolic OH excluding ortho intramolecular Hbond substituents is 1. The van der Waals surface area contributed by atoms with Gasteiger partial charge < -0.3 is 10.4 Å². The number of hydrogen-bond donors (Lipinski definition) is 2. The summed E-state index contributed by atoms with van der Waals surface area (Å²) < 4.78 is 0. The van der Waals surface area contributed by atoms with E-state index < -0.39 is 0 Å². The number of aryl methyl sites for hydroxylation is 1. The molecule has 2 nitrogen and oxygen atoms in total. The van der Waals surface area contributed by atoms with E-state index in [9.17, 15) is 5.11 Å². The molecule has 0 saturated carbocycles. The molecule has 2 N–H and O–H groups in total. The molecule has 0 spiro atoms. The van der Waals surface area contributed by atoms with Gasteiger partial charge in [-0.25, -0.2) is 0 Å². The van der Waals surface area contributed by atoms with Crippen LogP contribution in [0.5, 0.6) is 5.75 Å². The summed E-state index contributed by atoms with van der Waals surface area (Å²) in [5, 5.41) is 14.3. The second-order valence-corrected chi connectivity index (χ2v) is 8.94. The molecule has 0 unspecified atom stereocenters. The molecular weight excluding hydrogens is 306 g/mol. The lowest BCUT2D eigenvalue weighted by atomic mass is 9.78. The van der Waals surface area contributed by atoms with Gasteiger partial charge in [0.1, 0.15) is 5.75 Å². The summed E-state index contributed by atoms with van der Waals surface area (Å²) >= 11 is 0. The van der Waals surface area contributed by atoms with E-state index in [1.54, 1.807) is 0 Å². The Morgan fingerprint density at radius 2 is 1.28 bits per heavy atom. The molecule has 0 aliphatic rings. The third kappa shape index (κ3) is 4.78. The molecule has 2 aromatic rings. The zero-order valence-corrected chi connectivity index (χ0v) is 16.8. The van der Waals surface area contributed by atoms with Crippen LogP contribution in [0.15, 0.2) is 36.4 Å². The monoisotopic (exact) mass is 339 g/mol. The van der Waals surface area contributed by atoms with Crippen molar-refractivity contribution in [2.24, 2.45) is 0 Å². The van der Waals surface area contributed by atoms with Gasteiger partial charge in [0.15, 0.2) is 0 Å². The first-order valence-corrected chi connectivity index (χ1v) is 9.22. The van der Waals surface area contributed by atoms with E-state index in [0.717, 1.165) is 29.8 Å². The number of nitrogens with one attached hydrogen (secondary N) is 1. The maximum absolute atomic E-state index is 10.8. The third-order valence-electron chi connectivity index (χ3n) is 4.64. The Balaban J connectivity index is 2.33. The van der Waals surface area contributed by atoms with Crippen molar-refractivity contribution in [3.8, 4) is 5.75 Å². The highest BCUT2D eigenvalue weighted by Gasteiger charge is 2.26.